The number of likely N-dealkylation sites (N-methyl/N-ethyl adjacent to an activating group) is 1. The van der Waals surface area contributed by atoms with Crippen molar-refractivity contribution in [1.82, 2.24) is 10.2 Å². The number of rotatable bonds is 5. The Hall–Kier alpha value is -0.900. The second-order valence-corrected chi connectivity index (χ2v) is 5.69. The van der Waals surface area contributed by atoms with E-state index in [2.05, 4.69) is 5.32 Å². The summed E-state index contributed by atoms with van der Waals surface area (Å²) in [5.74, 6) is 0.181. The lowest BCUT2D eigenvalue weighted by molar-refractivity contribution is -0.128. The maximum Gasteiger partial charge on any atom is 0.234 e. The van der Waals surface area contributed by atoms with Gasteiger partial charge in [-0.05, 0) is 19.9 Å². The van der Waals surface area contributed by atoms with Crippen molar-refractivity contribution in [2.24, 2.45) is 5.41 Å². The van der Waals surface area contributed by atoms with E-state index in [4.69, 9.17) is 0 Å². The molecule has 0 bridgehead atoms. The fourth-order valence-corrected chi connectivity index (χ4v) is 1.28. The first kappa shape index (κ1) is 13.2. The average Bonchev–Trinajstić information content (AvgIpc) is 2.85. The number of carbonyl (C=O) groups excluding carboxylic acids is 2. The van der Waals surface area contributed by atoms with Crippen molar-refractivity contribution in [3.63, 3.8) is 0 Å². The summed E-state index contributed by atoms with van der Waals surface area (Å²) < 4.78 is 0. The molecule has 0 atom stereocenters. The minimum atomic E-state index is -0.332. The van der Waals surface area contributed by atoms with Gasteiger partial charge in [-0.15, -0.1) is 0 Å². The van der Waals surface area contributed by atoms with E-state index in [0.29, 0.717) is 19.1 Å². The van der Waals surface area contributed by atoms with Gasteiger partial charge >= 0.3 is 0 Å². The van der Waals surface area contributed by atoms with Crippen molar-refractivity contribution in [2.45, 2.75) is 39.7 Å². The van der Waals surface area contributed by atoms with Crippen LogP contribution in [-0.4, -0.2) is 42.8 Å². The molecule has 1 rings (SSSR count). The zero-order chi connectivity index (χ0) is 12.3. The highest BCUT2D eigenvalue weighted by Crippen LogP contribution is 2.18. The SMILES string of the molecule is CN(CC(=O)NC1CC1)CC(=O)C(C)(C)C. The van der Waals surface area contributed by atoms with Gasteiger partial charge in [0, 0.05) is 11.5 Å². The summed E-state index contributed by atoms with van der Waals surface area (Å²) in [6.07, 6.45) is 2.19. The average molecular weight is 226 g/mol. The highest BCUT2D eigenvalue weighted by atomic mass is 16.2. The molecular formula is C12H22N2O2. The summed E-state index contributed by atoms with van der Waals surface area (Å²) in [5.41, 5.74) is -0.332. The number of nitrogens with one attached hydrogen (secondary N) is 1. The van der Waals surface area contributed by atoms with Crippen LogP contribution in [0.25, 0.3) is 0 Å². The molecule has 1 N–H and O–H groups in total. The van der Waals surface area contributed by atoms with Crippen molar-refractivity contribution >= 4 is 11.7 Å². The second kappa shape index (κ2) is 4.95. The van der Waals surface area contributed by atoms with E-state index in [1.165, 1.54) is 0 Å². The second-order valence-electron chi connectivity index (χ2n) is 5.69. The molecule has 1 saturated carbocycles. The Kier molecular flexibility index (Phi) is 4.08. The van der Waals surface area contributed by atoms with Gasteiger partial charge in [-0.2, -0.15) is 0 Å². The molecule has 0 heterocycles. The number of carbonyl (C=O) groups is 2. The summed E-state index contributed by atoms with van der Waals surface area (Å²) in [6.45, 7) is 6.33. The quantitative estimate of drug-likeness (QED) is 0.755. The molecule has 1 amide bonds. The predicted molar refractivity (Wildman–Crippen MR) is 63.1 cm³/mol. The van der Waals surface area contributed by atoms with E-state index < -0.39 is 0 Å². The fraction of sp³-hybridized carbons (Fsp3) is 0.833. The molecule has 1 fully saturated rings. The standard InChI is InChI=1S/C12H22N2O2/c1-12(2,3)10(15)7-14(4)8-11(16)13-9-5-6-9/h9H,5-8H2,1-4H3,(H,13,16). The summed E-state index contributed by atoms with van der Waals surface area (Å²) in [6, 6.07) is 0.388. The van der Waals surface area contributed by atoms with Crippen LogP contribution in [0.4, 0.5) is 0 Å². The Morgan fingerprint density at radius 1 is 1.25 bits per heavy atom. The van der Waals surface area contributed by atoms with E-state index in [1.807, 2.05) is 20.8 Å². The van der Waals surface area contributed by atoms with Crippen molar-refractivity contribution in [1.29, 1.82) is 0 Å². The lowest BCUT2D eigenvalue weighted by Gasteiger charge is -2.21. The maximum atomic E-state index is 11.7. The third kappa shape index (κ3) is 4.75. The molecule has 4 nitrogen and oxygen atoms in total. The number of Topliss-reactive ketones (excluding diaryl/α,β-unsaturated/α-hetero) is 1. The first-order chi connectivity index (χ1) is 7.29. The lowest BCUT2D eigenvalue weighted by Crippen LogP contribution is -2.40. The Morgan fingerprint density at radius 3 is 2.25 bits per heavy atom. The first-order valence-corrected chi connectivity index (χ1v) is 5.80. The molecule has 4 heteroatoms. The number of hydrogen-bond acceptors (Lipinski definition) is 3. The van der Waals surface area contributed by atoms with E-state index in [9.17, 15) is 9.59 Å². The van der Waals surface area contributed by atoms with E-state index in [-0.39, 0.29) is 17.1 Å². The number of amides is 1. The third-order valence-electron chi connectivity index (χ3n) is 2.61. The van der Waals surface area contributed by atoms with E-state index in [0.717, 1.165) is 12.8 Å². The van der Waals surface area contributed by atoms with Crippen LogP contribution in [0.15, 0.2) is 0 Å². The number of ketones is 1. The molecule has 0 aromatic heterocycles. The molecule has 0 radical (unpaired) electrons. The van der Waals surface area contributed by atoms with Crippen LogP contribution < -0.4 is 5.32 Å². The van der Waals surface area contributed by atoms with Gasteiger partial charge in [0.25, 0.3) is 0 Å². The van der Waals surface area contributed by atoms with Gasteiger partial charge < -0.3 is 5.32 Å². The largest absolute Gasteiger partial charge is 0.352 e. The fourth-order valence-electron chi connectivity index (χ4n) is 1.28. The molecule has 1 aliphatic rings. The molecular weight excluding hydrogens is 204 g/mol. The lowest BCUT2D eigenvalue weighted by atomic mass is 9.90. The van der Waals surface area contributed by atoms with Crippen LogP contribution in [-0.2, 0) is 9.59 Å². The Labute approximate surface area is 97.4 Å². The van der Waals surface area contributed by atoms with Gasteiger partial charge in [0.05, 0.1) is 13.1 Å². The molecule has 16 heavy (non-hydrogen) atoms. The van der Waals surface area contributed by atoms with Gasteiger partial charge in [-0.3, -0.25) is 14.5 Å². The summed E-state index contributed by atoms with van der Waals surface area (Å²) in [4.78, 5) is 25.0. The molecule has 0 aliphatic heterocycles. The van der Waals surface area contributed by atoms with Crippen molar-refractivity contribution < 1.29 is 9.59 Å². The van der Waals surface area contributed by atoms with Crippen LogP contribution in [0.1, 0.15) is 33.6 Å². The normalized spacial score (nSPS) is 16.3. The van der Waals surface area contributed by atoms with Crippen molar-refractivity contribution in [2.75, 3.05) is 20.1 Å². The third-order valence-corrected chi connectivity index (χ3v) is 2.61. The smallest absolute Gasteiger partial charge is 0.234 e. The summed E-state index contributed by atoms with van der Waals surface area (Å²) >= 11 is 0. The van der Waals surface area contributed by atoms with Crippen molar-refractivity contribution in [3.8, 4) is 0 Å². The van der Waals surface area contributed by atoms with Gasteiger partial charge in [0.1, 0.15) is 0 Å². The molecule has 0 aromatic rings. The summed E-state index contributed by atoms with van der Waals surface area (Å²) in [5, 5.41) is 2.90. The molecule has 1 aliphatic carbocycles. The van der Waals surface area contributed by atoms with E-state index >= 15 is 0 Å². The van der Waals surface area contributed by atoms with Gasteiger partial charge in [0.15, 0.2) is 5.78 Å². The zero-order valence-corrected chi connectivity index (χ0v) is 10.7. The molecule has 0 spiro atoms. The van der Waals surface area contributed by atoms with Crippen LogP contribution in [0, 0.1) is 5.41 Å². The highest BCUT2D eigenvalue weighted by Gasteiger charge is 2.25. The topological polar surface area (TPSA) is 49.4 Å². The monoisotopic (exact) mass is 226 g/mol. The zero-order valence-electron chi connectivity index (χ0n) is 10.7. The minimum absolute atomic E-state index is 0.0201. The highest BCUT2D eigenvalue weighted by molar-refractivity contribution is 5.86. The van der Waals surface area contributed by atoms with Crippen molar-refractivity contribution in [3.05, 3.63) is 0 Å². The van der Waals surface area contributed by atoms with Gasteiger partial charge in [0.2, 0.25) is 5.91 Å². The molecule has 0 saturated heterocycles. The maximum absolute atomic E-state index is 11.7. The van der Waals surface area contributed by atoms with Crippen LogP contribution in [0.5, 0.6) is 0 Å². The molecule has 92 valence electrons. The Balaban J connectivity index is 2.26. The number of hydrogen-bond donors (Lipinski definition) is 1. The minimum Gasteiger partial charge on any atom is -0.352 e. The van der Waals surface area contributed by atoms with Crippen LogP contribution >= 0.6 is 0 Å². The predicted octanol–water partition coefficient (Wildman–Crippen LogP) is 0.812. The van der Waals surface area contributed by atoms with Gasteiger partial charge in [-0.1, -0.05) is 20.8 Å². The Bertz CT molecular complexity index is 277. The Morgan fingerprint density at radius 2 is 1.81 bits per heavy atom. The number of nitrogens with zero attached hydrogens (tertiary/aromatic N) is 1. The first-order valence-electron chi connectivity index (χ1n) is 5.80. The van der Waals surface area contributed by atoms with Gasteiger partial charge in [-0.25, -0.2) is 0 Å². The van der Waals surface area contributed by atoms with Crippen LogP contribution in [0.2, 0.25) is 0 Å². The summed E-state index contributed by atoms with van der Waals surface area (Å²) in [7, 11) is 1.80. The molecule has 0 aromatic carbocycles. The van der Waals surface area contributed by atoms with Crippen LogP contribution in [0.3, 0.4) is 0 Å². The molecule has 0 unspecified atom stereocenters. The van der Waals surface area contributed by atoms with E-state index in [1.54, 1.807) is 11.9 Å².